The van der Waals surface area contributed by atoms with Crippen molar-refractivity contribution >= 4 is 52.0 Å². The van der Waals surface area contributed by atoms with Crippen LogP contribution in [0.15, 0.2) is 79.0 Å². The number of amides is 3. The van der Waals surface area contributed by atoms with Gasteiger partial charge in [0.2, 0.25) is 0 Å². The summed E-state index contributed by atoms with van der Waals surface area (Å²) < 4.78 is 38.9. The summed E-state index contributed by atoms with van der Waals surface area (Å²) in [6.07, 6.45) is -0.936. The SMILES string of the molecule is Cc1ccc(Nc2ccc3c(c2)NC(=O)/C3=C/c2ccc[nH]2)cc1NC(=O)Nc1cccc(C(F)(F)F)c1. The Bertz CT molecular complexity index is 1560. The van der Waals surface area contributed by atoms with Gasteiger partial charge < -0.3 is 26.3 Å². The molecule has 0 spiro atoms. The number of urea groups is 1. The first kappa shape index (κ1) is 24.7. The Morgan fingerprint density at radius 1 is 0.895 bits per heavy atom. The quantitative estimate of drug-likeness (QED) is 0.181. The maximum Gasteiger partial charge on any atom is 0.416 e. The van der Waals surface area contributed by atoms with Crippen molar-refractivity contribution in [3.05, 3.63) is 101 Å². The zero-order valence-electron chi connectivity index (χ0n) is 20.0. The van der Waals surface area contributed by atoms with E-state index in [9.17, 15) is 22.8 Å². The Balaban J connectivity index is 1.29. The van der Waals surface area contributed by atoms with Crippen molar-refractivity contribution in [1.29, 1.82) is 0 Å². The van der Waals surface area contributed by atoms with Gasteiger partial charge in [-0.3, -0.25) is 4.79 Å². The van der Waals surface area contributed by atoms with Crippen LogP contribution in [0.1, 0.15) is 22.4 Å². The van der Waals surface area contributed by atoms with Gasteiger partial charge in [-0.15, -0.1) is 0 Å². The number of benzene rings is 3. The second kappa shape index (κ2) is 9.81. The third kappa shape index (κ3) is 5.39. The van der Waals surface area contributed by atoms with Crippen LogP contribution in [0, 0.1) is 6.92 Å². The molecule has 192 valence electrons. The molecule has 3 amide bonds. The first-order valence-electron chi connectivity index (χ1n) is 11.6. The van der Waals surface area contributed by atoms with E-state index in [1.54, 1.807) is 31.3 Å². The Labute approximate surface area is 215 Å². The fourth-order valence-electron chi connectivity index (χ4n) is 4.06. The van der Waals surface area contributed by atoms with Crippen LogP contribution in [0.2, 0.25) is 0 Å². The van der Waals surface area contributed by atoms with E-state index in [1.807, 2.05) is 36.4 Å². The number of hydrogen-bond acceptors (Lipinski definition) is 3. The van der Waals surface area contributed by atoms with Gasteiger partial charge in [0.1, 0.15) is 0 Å². The van der Waals surface area contributed by atoms with Crippen molar-refractivity contribution in [3.63, 3.8) is 0 Å². The zero-order chi connectivity index (χ0) is 26.9. The third-order valence-corrected chi connectivity index (χ3v) is 5.95. The molecule has 5 rings (SSSR count). The van der Waals surface area contributed by atoms with Crippen LogP contribution in [-0.4, -0.2) is 16.9 Å². The number of aryl methyl sites for hydroxylation is 1. The van der Waals surface area contributed by atoms with Crippen LogP contribution in [0.3, 0.4) is 0 Å². The summed E-state index contributed by atoms with van der Waals surface area (Å²) in [5, 5.41) is 11.2. The number of carbonyl (C=O) groups is 2. The molecule has 1 aromatic heterocycles. The molecule has 0 saturated heterocycles. The molecular formula is C28H22F3N5O2. The van der Waals surface area contributed by atoms with Gasteiger partial charge in [-0.1, -0.05) is 18.2 Å². The lowest BCUT2D eigenvalue weighted by molar-refractivity contribution is -0.137. The molecule has 3 aromatic carbocycles. The van der Waals surface area contributed by atoms with Crippen molar-refractivity contribution < 1.29 is 22.8 Å². The van der Waals surface area contributed by atoms with Crippen LogP contribution in [0.5, 0.6) is 0 Å². The van der Waals surface area contributed by atoms with Crippen molar-refractivity contribution in [2.45, 2.75) is 13.1 Å². The zero-order valence-corrected chi connectivity index (χ0v) is 20.0. The summed E-state index contributed by atoms with van der Waals surface area (Å²) in [5.74, 6) is -0.194. The summed E-state index contributed by atoms with van der Waals surface area (Å²) in [4.78, 5) is 28.0. The van der Waals surface area contributed by atoms with Crippen LogP contribution < -0.4 is 21.3 Å². The molecule has 7 nitrogen and oxygen atoms in total. The van der Waals surface area contributed by atoms with Gasteiger partial charge in [0.15, 0.2) is 0 Å². The smallest absolute Gasteiger partial charge is 0.362 e. The van der Waals surface area contributed by atoms with Gasteiger partial charge >= 0.3 is 12.2 Å². The van der Waals surface area contributed by atoms with Gasteiger partial charge in [-0.2, -0.15) is 13.2 Å². The number of aromatic nitrogens is 1. The number of halogens is 3. The van der Waals surface area contributed by atoms with Crippen LogP contribution in [0.4, 0.5) is 46.4 Å². The molecule has 0 aliphatic carbocycles. The highest BCUT2D eigenvalue weighted by molar-refractivity contribution is 6.35. The number of hydrogen-bond donors (Lipinski definition) is 5. The number of aromatic amines is 1. The van der Waals surface area contributed by atoms with Crippen molar-refractivity contribution in [2.24, 2.45) is 0 Å². The highest BCUT2D eigenvalue weighted by Gasteiger charge is 2.30. The van der Waals surface area contributed by atoms with Gasteiger partial charge in [-0.25, -0.2) is 4.79 Å². The van der Waals surface area contributed by atoms with Crippen molar-refractivity contribution in [1.82, 2.24) is 4.98 Å². The Kier molecular flexibility index (Phi) is 6.38. The Hall–Kier alpha value is -4.99. The Morgan fingerprint density at radius 2 is 1.68 bits per heavy atom. The van der Waals surface area contributed by atoms with E-state index in [2.05, 4.69) is 26.3 Å². The standard InChI is InChI=1S/C28H22F3N5O2/c1-16-7-8-20(14-24(16)36-27(38)34-19-5-2-4-17(12-19)28(29,30)31)33-21-9-10-22-23(13-18-6-3-11-32-18)26(37)35-25(22)15-21/h2-15,32-33H,1H3,(H,35,37)(H2,34,36,38)/b23-13+. The van der Waals surface area contributed by atoms with Gasteiger partial charge in [0.25, 0.3) is 5.91 Å². The maximum absolute atomic E-state index is 13.0. The van der Waals surface area contributed by atoms with E-state index in [-0.39, 0.29) is 11.6 Å². The van der Waals surface area contributed by atoms with E-state index >= 15 is 0 Å². The highest BCUT2D eigenvalue weighted by atomic mass is 19.4. The number of fused-ring (bicyclic) bond motifs is 1. The number of H-pyrrole nitrogens is 1. The molecule has 0 fully saturated rings. The number of nitrogens with one attached hydrogen (secondary N) is 5. The minimum Gasteiger partial charge on any atom is -0.362 e. The molecule has 1 aliphatic heterocycles. The molecule has 1 aliphatic rings. The van der Waals surface area contributed by atoms with Gasteiger partial charge in [-0.05, 0) is 73.2 Å². The summed E-state index contributed by atoms with van der Waals surface area (Å²) in [6.45, 7) is 1.80. The molecule has 2 heterocycles. The van der Waals surface area contributed by atoms with Gasteiger partial charge in [0, 0.05) is 40.2 Å². The first-order valence-corrected chi connectivity index (χ1v) is 11.6. The second-order valence-corrected chi connectivity index (χ2v) is 8.71. The molecule has 38 heavy (non-hydrogen) atoms. The predicted molar refractivity (Wildman–Crippen MR) is 142 cm³/mol. The number of carbonyl (C=O) groups excluding carboxylic acids is 2. The molecule has 0 radical (unpaired) electrons. The second-order valence-electron chi connectivity index (χ2n) is 8.71. The molecular weight excluding hydrogens is 495 g/mol. The lowest BCUT2D eigenvalue weighted by atomic mass is 10.1. The summed E-state index contributed by atoms with van der Waals surface area (Å²) in [5.41, 5.74) is 4.62. The van der Waals surface area contributed by atoms with Gasteiger partial charge in [0.05, 0.1) is 16.8 Å². The molecule has 4 aromatic rings. The topological polar surface area (TPSA) is 98.0 Å². The normalized spacial score (nSPS) is 13.7. The minimum absolute atomic E-state index is 0.0223. The summed E-state index contributed by atoms with van der Waals surface area (Å²) in [7, 11) is 0. The molecule has 0 saturated carbocycles. The van der Waals surface area contributed by atoms with Crippen LogP contribution in [-0.2, 0) is 11.0 Å². The van der Waals surface area contributed by atoms with E-state index in [0.29, 0.717) is 28.3 Å². The summed E-state index contributed by atoms with van der Waals surface area (Å²) in [6, 6.07) is 18.3. The molecule has 0 atom stereocenters. The largest absolute Gasteiger partial charge is 0.416 e. The van der Waals surface area contributed by atoms with E-state index < -0.39 is 17.8 Å². The fourth-order valence-corrected chi connectivity index (χ4v) is 4.06. The van der Waals surface area contributed by atoms with Crippen molar-refractivity contribution in [2.75, 3.05) is 21.3 Å². The molecule has 0 unspecified atom stereocenters. The van der Waals surface area contributed by atoms with E-state index in [4.69, 9.17) is 0 Å². The molecule has 0 bridgehead atoms. The molecule has 5 N–H and O–H groups in total. The Morgan fingerprint density at radius 3 is 2.45 bits per heavy atom. The first-order chi connectivity index (χ1) is 18.2. The lowest BCUT2D eigenvalue weighted by Gasteiger charge is -2.14. The maximum atomic E-state index is 13.0. The average molecular weight is 518 g/mol. The number of anilines is 5. The highest BCUT2D eigenvalue weighted by Crippen LogP contribution is 2.36. The lowest BCUT2D eigenvalue weighted by Crippen LogP contribution is -2.20. The van der Waals surface area contributed by atoms with E-state index in [1.165, 1.54) is 12.1 Å². The average Bonchev–Trinajstić information content (AvgIpc) is 3.48. The monoisotopic (exact) mass is 517 g/mol. The fraction of sp³-hybridized carbons (Fsp3) is 0.0714. The van der Waals surface area contributed by atoms with Crippen LogP contribution >= 0.6 is 0 Å². The number of alkyl halides is 3. The third-order valence-electron chi connectivity index (χ3n) is 5.95. The predicted octanol–water partition coefficient (Wildman–Crippen LogP) is 7.22. The number of rotatable bonds is 5. The minimum atomic E-state index is -4.51. The molecule has 10 heteroatoms. The van der Waals surface area contributed by atoms with Crippen LogP contribution in [0.25, 0.3) is 11.6 Å². The van der Waals surface area contributed by atoms with E-state index in [0.717, 1.165) is 29.0 Å². The van der Waals surface area contributed by atoms with Crippen molar-refractivity contribution in [3.8, 4) is 0 Å². The summed E-state index contributed by atoms with van der Waals surface area (Å²) >= 11 is 0.